The Bertz CT molecular complexity index is 441. The summed E-state index contributed by atoms with van der Waals surface area (Å²) in [6.07, 6.45) is 1.58. The highest BCUT2D eigenvalue weighted by molar-refractivity contribution is 9.10. The van der Waals surface area contributed by atoms with Crippen LogP contribution in [0.3, 0.4) is 0 Å². The summed E-state index contributed by atoms with van der Waals surface area (Å²) in [6, 6.07) is 3.18. The normalized spacial score (nSPS) is 10.0. The third kappa shape index (κ3) is 1.64. The lowest BCUT2D eigenvalue weighted by atomic mass is 10.2. The fraction of sp³-hybridized carbons (Fsp3) is 0. The molecule has 0 saturated heterocycles. The highest BCUT2D eigenvalue weighted by Gasteiger charge is 2.06. The van der Waals surface area contributed by atoms with Crippen LogP contribution in [-0.4, -0.2) is 4.98 Å². The molecule has 70 valence electrons. The number of H-pyrrole nitrogens is 1. The number of nitrogens with two attached hydrogens (primary N) is 1. The summed E-state index contributed by atoms with van der Waals surface area (Å²) < 4.78 is 13.8. The molecule has 0 aliphatic rings. The first kappa shape index (κ1) is 10.3. The van der Waals surface area contributed by atoms with Crippen molar-refractivity contribution in [2.45, 2.75) is 0 Å². The van der Waals surface area contributed by atoms with Gasteiger partial charge < -0.3 is 10.7 Å². The summed E-state index contributed by atoms with van der Waals surface area (Å²) in [5, 5.41) is 0.710. The Morgan fingerprint density at radius 1 is 1.38 bits per heavy atom. The SMILES string of the molecule is Cl.Nc1c[nH]c2c(F)cc(Br)cc12. The predicted molar refractivity (Wildman–Crippen MR) is 57.6 cm³/mol. The van der Waals surface area contributed by atoms with Crippen LogP contribution in [-0.2, 0) is 0 Å². The zero-order valence-electron chi connectivity index (χ0n) is 6.47. The molecule has 2 nitrogen and oxygen atoms in total. The van der Waals surface area contributed by atoms with Crippen LogP contribution in [0, 0.1) is 5.82 Å². The van der Waals surface area contributed by atoms with E-state index in [0.717, 1.165) is 0 Å². The fourth-order valence-electron chi connectivity index (χ4n) is 1.18. The number of benzene rings is 1. The number of aromatic amines is 1. The molecule has 0 unspecified atom stereocenters. The lowest BCUT2D eigenvalue weighted by molar-refractivity contribution is 0.636. The van der Waals surface area contributed by atoms with Gasteiger partial charge in [0.15, 0.2) is 0 Å². The Balaban J connectivity index is 0.000000845. The first-order valence-corrected chi connectivity index (χ1v) is 4.19. The number of halogens is 3. The minimum atomic E-state index is -0.295. The van der Waals surface area contributed by atoms with Crippen molar-refractivity contribution in [2.75, 3.05) is 5.73 Å². The fourth-order valence-corrected chi connectivity index (χ4v) is 1.61. The van der Waals surface area contributed by atoms with E-state index >= 15 is 0 Å². The molecule has 0 spiro atoms. The van der Waals surface area contributed by atoms with Gasteiger partial charge in [-0.1, -0.05) is 15.9 Å². The second-order valence-corrected chi connectivity index (χ2v) is 3.47. The molecule has 0 aliphatic carbocycles. The van der Waals surface area contributed by atoms with Crippen LogP contribution >= 0.6 is 28.3 Å². The molecule has 0 radical (unpaired) electrons. The van der Waals surface area contributed by atoms with Crippen LogP contribution in [0.15, 0.2) is 22.8 Å². The minimum absolute atomic E-state index is 0. The number of aromatic nitrogens is 1. The van der Waals surface area contributed by atoms with Crippen molar-refractivity contribution in [3.8, 4) is 0 Å². The molecule has 0 atom stereocenters. The molecule has 2 aromatic rings. The van der Waals surface area contributed by atoms with Crippen LogP contribution in [0.2, 0.25) is 0 Å². The van der Waals surface area contributed by atoms with Gasteiger partial charge in [0.1, 0.15) is 5.82 Å². The topological polar surface area (TPSA) is 41.8 Å². The van der Waals surface area contributed by atoms with Gasteiger partial charge in [0.25, 0.3) is 0 Å². The van der Waals surface area contributed by atoms with Crippen LogP contribution < -0.4 is 5.73 Å². The van der Waals surface area contributed by atoms with Crippen molar-refractivity contribution < 1.29 is 4.39 Å². The molecule has 1 aromatic carbocycles. The van der Waals surface area contributed by atoms with Crippen molar-refractivity contribution in [3.05, 3.63) is 28.6 Å². The Labute approximate surface area is 88.8 Å². The Kier molecular flexibility index (Phi) is 2.83. The minimum Gasteiger partial charge on any atom is -0.397 e. The quantitative estimate of drug-likeness (QED) is 0.755. The zero-order valence-corrected chi connectivity index (χ0v) is 8.88. The molecule has 1 aromatic heterocycles. The molecule has 0 saturated carbocycles. The highest BCUT2D eigenvalue weighted by atomic mass is 79.9. The molecule has 0 fully saturated rings. The lowest BCUT2D eigenvalue weighted by Crippen LogP contribution is -1.82. The van der Waals surface area contributed by atoms with Gasteiger partial charge >= 0.3 is 0 Å². The number of hydrogen-bond acceptors (Lipinski definition) is 1. The summed E-state index contributed by atoms with van der Waals surface area (Å²) in [5.74, 6) is -0.295. The van der Waals surface area contributed by atoms with Crippen LogP contribution in [0.25, 0.3) is 10.9 Å². The second kappa shape index (κ2) is 3.55. The van der Waals surface area contributed by atoms with E-state index in [1.807, 2.05) is 0 Å². The molecule has 2 rings (SSSR count). The summed E-state index contributed by atoms with van der Waals surface area (Å²) in [7, 11) is 0. The van der Waals surface area contributed by atoms with Crippen LogP contribution in [0.4, 0.5) is 10.1 Å². The molecule has 1 heterocycles. The van der Waals surface area contributed by atoms with Crippen molar-refractivity contribution in [1.82, 2.24) is 4.98 Å². The average molecular weight is 266 g/mol. The van der Waals surface area contributed by atoms with Gasteiger partial charge in [-0.2, -0.15) is 0 Å². The van der Waals surface area contributed by atoms with Crippen LogP contribution in [0.1, 0.15) is 0 Å². The molecule has 0 aliphatic heterocycles. The maximum atomic E-state index is 13.1. The predicted octanol–water partition coefficient (Wildman–Crippen LogP) is 3.07. The Morgan fingerprint density at radius 2 is 2.08 bits per heavy atom. The first-order chi connectivity index (χ1) is 5.68. The van der Waals surface area contributed by atoms with Crippen LogP contribution in [0.5, 0.6) is 0 Å². The van der Waals surface area contributed by atoms with E-state index in [1.54, 1.807) is 12.3 Å². The van der Waals surface area contributed by atoms with Gasteiger partial charge in [-0.05, 0) is 12.1 Å². The summed E-state index contributed by atoms with van der Waals surface area (Å²) in [5.41, 5.74) is 6.61. The third-order valence-electron chi connectivity index (χ3n) is 1.74. The third-order valence-corrected chi connectivity index (χ3v) is 2.20. The smallest absolute Gasteiger partial charge is 0.148 e. The highest BCUT2D eigenvalue weighted by Crippen LogP contribution is 2.26. The van der Waals surface area contributed by atoms with E-state index in [-0.39, 0.29) is 18.2 Å². The van der Waals surface area contributed by atoms with Gasteiger partial charge in [-0.15, -0.1) is 12.4 Å². The van der Waals surface area contributed by atoms with Gasteiger partial charge in [-0.25, -0.2) is 4.39 Å². The van der Waals surface area contributed by atoms with E-state index < -0.39 is 0 Å². The van der Waals surface area contributed by atoms with E-state index in [2.05, 4.69) is 20.9 Å². The maximum Gasteiger partial charge on any atom is 0.148 e. The monoisotopic (exact) mass is 264 g/mol. The zero-order chi connectivity index (χ0) is 8.72. The van der Waals surface area contributed by atoms with Gasteiger partial charge in [0.05, 0.1) is 11.2 Å². The van der Waals surface area contributed by atoms with Crippen molar-refractivity contribution in [2.24, 2.45) is 0 Å². The maximum absolute atomic E-state index is 13.1. The van der Waals surface area contributed by atoms with Crippen molar-refractivity contribution >= 4 is 44.9 Å². The second-order valence-electron chi connectivity index (χ2n) is 2.55. The number of nitrogens with one attached hydrogen (secondary N) is 1. The van der Waals surface area contributed by atoms with Gasteiger partial charge in [0.2, 0.25) is 0 Å². The Morgan fingerprint density at radius 3 is 2.77 bits per heavy atom. The molecular formula is C8H7BrClFN2. The molecule has 3 N–H and O–H groups in total. The van der Waals surface area contributed by atoms with E-state index in [4.69, 9.17) is 5.73 Å². The first-order valence-electron chi connectivity index (χ1n) is 3.40. The number of nitrogen functional groups attached to an aromatic ring is 1. The lowest BCUT2D eigenvalue weighted by Gasteiger charge is -1.94. The summed E-state index contributed by atoms with van der Waals surface area (Å²) in [4.78, 5) is 2.76. The molecule has 0 bridgehead atoms. The largest absolute Gasteiger partial charge is 0.397 e. The van der Waals surface area contributed by atoms with E-state index in [0.29, 0.717) is 21.1 Å². The van der Waals surface area contributed by atoms with Gasteiger partial charge in [-0.3, -0.25) is 0 Å². The van der Waals surface area contributed by atoms with E-state index in [9.17, 15) is 4.39 Å². The summed E-state index contributed by atoms with van der Waals surface area (Å²) >= 11 is 3.19. The molecule has 13 heavy (non-hydrogen) atoms. The average Bonchev–Trinajstić information content (AvgIpc) is 2.33. The number of rotatable bonds is 0. The number of fused-ring (bicyclic) bond motifs is 1. The van der Waals surface area contributed by atoms with Crippen molar-refractivity contribution in [3.63, 3.8) is 0 Å². The Hall–Kier alpha value is -0.740. The number of anilines is 1. The molecule has 0 amide bonds. The van der Waals surface area contributed by atoms with E-state index in [1.165, 1.54) is 6.07 Å². The van der Waals surface area contributed by atoms with Gasteiger partial charge in [0, 0.05) is 16.1 Å². The van der Waals surface area contributed by atoms with Crippen molar-refractivity contribution in [1.29, 1.82) is 0 Å². The summed E-state index contributed by atoms with van der Waals surface area (Å²) in [6.45, 7) is 0. The standard InChI is InChI=1S/C8H6BrFN2.ClH/c9-4-1-5-7(11)3-12-8(5)6(10)2-4;/h1-3,12H,11H2;1H. The molecule has 5 heteroatoms. The molecular weight excluding hydrogens is 258 g/mol. The number of hydrogen-bond donors (Lipinski definition) is 2.